The summed E-state index contributed by atoms with van der Waals surface area (Å²) < 4.78 is 8.99. The van der Waals surface area contributed by atoms with Crippen molar-refractivity contribution in [1.29, 1.82) is 0 Å². The normalized spacial score (nSPS) is 17.7. The number of anilines is 1. The van der Waals surface area contributed by atoms with E-state index in [2.05, 4.69) is 14.9 Å². The van der Waals surface area contributed by atoms with E-state index in [1.165, 1.54) is 0 Å². The van der Waals surface area contributed by atoms with Gasteiger partial charge in [0.05, 0.1) is 29.5 Å². The predicted molar refractivity (Wildman–Crippen MR) is 120 cm³/mol. The van der Waals surface area contributed by atoms with Crippen molar-refractivity contribution in [3.8, 4) is 0 Å². The summed E-state index contributed by atoms with van der Waals surface area (Å²) in [5, 5.41) is 1.55. The minimum atomic E-state index is -0.0798. The van der Waals surface area contributed by atoms with E-state index < -0.39 is 0 Å². The lowest BCUT2D eigenvalue weighted by Crippen LogP contribution is -2.58. The number of nitrogens with zero attached hydrogens (tertiary/aromatic N) is 5. The van der Waals surface area contributed by atoms with Gasteiger partial charge in [-0.25, -0.2) is 4.98 Å². The van der Waals surface area contributed by atoms with Crippen molar-refractivity contribution in [3.63, 3.8) is 0 Å². The van der Waals surface area contributed by atoms with Gasteiger partial charge >= 0.3 is 0 Å². The molecular formula is C24H23N5O3. The molecular weight excluding hydrogens is 406 g/mol. The monoisotopic (exact) mass is 429 g/mol. The van der Waals surface area contributed by atoms with E-state index in [1.54, 1.807) is 33.5 Å². The van der Waals surface area contributed by atoms with Crippen LogP contribution in [-0.2, 0) is 11.3 Å². The Kier molecular flexibility index (Phi) is 4.36. The largest absolute Gasteiger partial charge is 0.381 e. The fourth-order valence-corrected chi connectivity index (χ4v) is 5.00. The molecule has 0 bridgehead atoms. The van der Waals surface area contributed by atoms with Crippen LogP contribution in [0.15, 0.2) is 54.0 Å². The van der Waals surface area contributed by atoms with Crippen LogP contribution < -0.4 is 10.5 Å². The number of aromatic nitrogens is 4. The molecule has 0 aromatic carbocycles. The highest BCUT2D eigenvalue weighted by molar-refractivity contribution is 5.93. The second-order valence-corrected chi connectivity index (χ2v) is 8.92. The number of carbonyl (C=O) groups is 1. The summed E-state index contributed by atoms with van der Waals surface area (Å²) >= 11 is 0. The summed E-state index contributed by atoms with van der Waals surface area (Å²) in [6.45, 7) is 4.01. The lowest BCUT2D eigenvalue weighted by Gasteiger charge is -2.53. The SMILES string of the molecule is O=Cc1ccc2nc(Cn3ccc4c(N5CC6(CCOCC6)C5)cncc4c3=O)cn2c1. The van der Waals surface area contributed by atoms with Gasteiger partial charge in [0, 0.05) is 67.5 Å². The number of aldehydes is 1. The average Bonchev–Trinajstić information content (AvgIpc) is 3.21. The van der Waals surface area contributed by atoms with Gasteiger partial charge in [0.15, 0.2) is 6.29 Å². The van der Waals surface area contributed by atoms with Crippen molar-refractivity contribution >= 4 is 28.4 Å². The lowest BCUT2D eigenvalue weighted by atomic mass is 9.73. The Morgan fingerprint density at radius 1 is 1.06 bits per heavy atom. The summed E-state index contributed by atoms with van der Waals surface area (Å²) in [6, 6.07) is 5.53. The van der Waals surface area contributed by atoms with Crippen molar-refractivity contribution in [1.82, 2.24) is 18.9 Å². The van der Waals surface area contributed by atoms with Crippen molar-refractivity contribution < 1.29 is 9.53 Å². The highest BCUT2D eigenvalue weighted by Gasteiger charge is 2.44. The molecule has 8 nitrogen and oxygen atoms in total. The molecule has 0 aliphatic carbocycles. The smallest absolute Gasteiger partial charge is 0.260 e. The maximum absolute atomic E-state index is 13.2. The van der Waals surface area contributed by atoms with Crippen molar-refractivity contribution in [2.75, 3.05) is 31.2 Å². The average molecular weight is 429 g/mol. The van der Waals surface area contributed by atoms with Crippen LogP contribution in [0.1, 0.15) is 28.9 Å². The van der Waals surface area contributed by atoms with E-state index in [0.717, 1.165) is 67.8 Å². The Hall–Kier alpha value is -3.52. The third kappa shape index (κ3) is 3.10. The van der Waals surface area contributed by atoms with Crippen LogP contribution in [-0.4, -0.2) is 51.5 Å². The molecule has 0 radical (unpaired) electrons. The number of hydrogen-bond acceptors (Lipinski definition) is 6. The Morgan fingerprint density at radius 2 is 1.91 bits per heavy atom. The first kappa shape index (κ1) is 19.2. The lowest BCUT2D eigenvalue weighted by molar-refractivity contribution is -0.000118. The maximum Gasteiger partial charge on any atom is 0.260 e. The van der Waals surface area contributed by atoms with Crippen molar-refractivity contribution in [2.24, 2.45) is 5.41 Å². The van der Waals surface area contributed by atoms with E-state index in [9.17, 15) is 9.59 Å². The Labute approximate surface area is 184 Å². The fraction of sp³-hybridized carbons (Fsp3) is 0.333. The molecule has 2 saturated heterocycles. The standard InChI is InChI=1S/C24H23N5O3/c30-14-17-1-2-22-26-18(13-28(22)11-17)12-27-6-3-19-20(23(27)31)9-25-10-21(19)29-15-24(16-29)4-7-32-8-5-24/h1-3,6,9-11,13-14H,4-5,7-8,12,15-16H2. The fourth-order valence-electron chi connectivity index (χ4n) is 5.00. The summed E-state index contributed by atoms with van der Waals surface area (Å²) in [5.74, 6) is 0. The van der Waals surface area contributed by atoms with Crippen LogP contribution in [0.3, 0.4) is 0 Å². The van der Waals surface area contributed by atoms with E-state index in [1.807, 2.05) is 24.7 Å². The molecule has 4 aromatic heterocycles. The van der Waals surface area contributed by atoms with Crippen LogP contribution in [0.25, 0.3) is 16.4 Å². The molecule has 6 heterocycles. The first-order chi connectivity index (χ1) is 15.6. The van der Waals surface area contributed by atoms with Crippen molar-refractivity contribution in [3.05, 3.63) is 70.8 Å². The quantitative estimate of drug-likeness (QED) is 0.464. The third-order valence-electron chi connectivity index (χ3n) is 6.82. The van der Waals surface area contributed by atoms with Crippen molar-refractivity contribution in [2.45, 2.75) is 19.4 Å². The second kappa shape index (κ2) is 7.27. The zero-order valence-electron chi connectivity index (χ0n) is 17.6. The Morgan fingerprint density at radius 3 is 2.72 bits per heavy atom. The zero-order valence-corrected chi connectivity index (χ0v) is 17.6. The predicted octanol–water partition coefficient (Wildman–Crippen LogP) is 2.52. The molecule has 4 aromatic rings. The van der Waals surface area contributed by atoms with Gasteiger partial charge in [-0.1, -0.05) is 0 Å². The zero-order chi connectivity index (χ0) is 21.7. The molecule has 0 unspecified atom stereocenters. The molecule has 2 fully saturated rings. The van der Waals surface area contributed by atoms with Crippen LogP contribution in [0.4, 0.5) is 5.69 Å². The minimum Gasteiger partial charge on any atom is -0.381 e. The van der Waals surface area contributed by atoms with Gasteiger partial charge in [0.1, 0.15) is 5.65 Å². The first-order valence-electron chi connectivity index (χ1n) is 10.9. The van der Waals surface area contributed by atoms with E-state index in [4.69, 9.17) is 4.74 Å². The van der Waals surface area contributed by atoms with Crippen LogP contribution in [0.2, 0.25) is 0 Å². The summed E-state index contributed by atoms with van der Waals surface area (Å²) in [4.78, 5) is 35.5. The Bertz CT molecular complexity index is 1390. The van der Waals surface area contributed by atoms with E-state index >= 15 is 0 Å². The highest BCUT2D eigenvalue weighted by Crippen LogP contribution is 2.43. The minimum absolute atomic E-state index is 0.0798. The van der Waals surface area contributed by atoms with Crippen LogP contribution in [0, 0.1) is 5.41 Å². The highest BCUT2D eigenvalue weighted by atomic mass is 16.5. The summed E-state index contributed by atoms with van der Waals surface area (Å²) in [5.41, 5.74) is 3.37. The topological polar surface area (TPSA) is 81.7 Å². The Balaban J connectivity index is 1.30. The van der Waals surface area contributed by atoms with Gasteiger partial charge in [-0.15, -0.1) is 0 Å². The summed E-state index contributed by atoms with van der Waals surface area (Å²) in [6.07, 6.45) is 11.9. The first-order valence-corrected chi connectivity index (χ1v) is 10.9. The number of fused-ring (bicyclic) bond motifs is 2. The van der Waals surface area contributed by atoms with Gasteiger partial charge in [0.2, 0.25) is 0 Å². The van der Waals surface area contributed by atoms with Gasteiger partial charge in [0.25, 0.3) is 5.56 Å². The molecule has 1 spiro atoms. The number of pyridine rings is 3. The van der Waals surface area contributed by atoms with E-state index in [0.29, 0.717) is 22.9 Å². The van der Waals surface area contributed by atoms with Gasteiger partial charge < -0.3 is 18.6 Å². The maximum atomic E-state index is 13.2. The number of ether oxygens (including phenoxy) is 1. The number of imidazole rings is 1. The van der Waals surface area contributed by atoms with Gasteiger partial charge in [-0.2, -0.15) is 0 Å². The van der Waals surface area contributed by atoms with Gasteiger partial charge in [-0.3, -0.25) is 14.6 Å². The molecule has 0 N–H and O–H groups in total. The molecule has 0 saturated carbocycles. The van der Waals surface area contributed by atoms with E-state index in [-0.39, 0.29) is 5.56 Å². The second-order valence-electron chi connectivity index (χ2n) is 8.92. The third-order valence-corrected chi connectivity index (χ3v) is 6.82. The van der Waals surface area contributed by atoms with Crippen LogP contribution >= 0.6 is 0 Å². The van der Waals surface area contributed by atoms with Crippen LogP contribution in [0.5, 0.6) is 0 Å². The molecule has 0 atom stereocenters. The number of carbonyl (C=O) groups excluding carboxylic acids is 1. The summed E-state index contributed by atoms with van der Waals surface area (Å²) in [7, 11) is 0. The number of hydrogen-bond donors (Lipinski definition) is 0. The molecule has 2 aliphatic rings. The molecule has 6 rings (SSSR count). The van der Waals surface area contributed by atoms with Gasteiger partial charge in [-0.05, 0) is 31.0 Å². The molecule has 162 valence electrons. The molecule has 8 heteroatoms. The number of rotatable bonds is 4. The molecule has 0 amide bonds. The molecule has 32 heavy (non-hydrogen) atoms. The molecule has 2 aliphatic heterocycles.